The first-order chi connectivity index (χ1) is 9.02. The average molecular weight is 265 g/mol. The fourth-order valence-electron chi connectivity index (χ4n) is 2.13. The molecule has 1 atom stereocenters. The molecule has 1 unspecified atom stereocenters. The Morgan fingerprint density at radius 1 is 1.32 bits per heavy atom. The van der Waals surface area contributed by atoms with Crippen LogP contribution in [0.25, 0.3) is 0 Å². The maximum absolute atomic E-state index is 14.1. The second-order valence-corrected chi connectivity index (χ2v) is 4.62. The summed E-state index contributed by atoms with van der Waals surface area (Å²) in [7, 11) is 3.50. The van der Waals surface area contributed by atoms with E-state index in [1.165, 1.54) is 12.1 Å². The van der Waals surface area contributed by atoms with Crippen molar-refractivity contribution in [2.24, 2.45) is 7.05 Å². The lowest BCUT2D eigenvalue weighted by Crippen LogP contribution is -2.22. The topological polar surface area (TPSA) is 29.9 Å². The maximum Gasteiger partial charge on any atom is 0.133 e. The van der Waals surface area contributed by atoms with Crippen LogP contribution in [0.1, 0.15) is 22.9 Å². The van der Waals surface area contributed by atoms with Crippen molar-refractivity contribution < 1.29 is 8.78 Å². The summed E-state index contributed by atoms with van der Waals surface area (Å²) >= 11 is 0. The lowest BCUT2D eigenvalue weighted by atomic mass is 9.99. The Balaban J connectivity index is 2.34. The van der Waals surface area contributed by atoms with Gasteiger partial charge in [-0.1, -0.05) is 6.07 Å². The van der Waals surface area contributed by atoms with E-state index in [4.69, 9.17) is 0 Å². The summed E-state index contributed by atoms with van der Waals surface area (Å²) in [6, 6.07) is 4.16. The highest BCUT2D eigenvalue weighted by molar-refractivity contribution is 5.30. The van der Waals surface area contributed by atoms with Crippen molar-refractivity contribution in [3.8, 4) is 0 Å². The number of halogens is 2. The quantitative estimate of drug-likeness (QED) is 0.920. The highest BCUT2D eigenvalue weighted by Crippen LogP contribution is 2.25. The molecule has 0 amide bonds. The minimum atomic E-state index is -0.529. The Hall–Kier alpha value is -1.75. The van der Waals surface area contributed by atoms with E-state index >= 15 is 0 Å². The molecule has 0 saturated heterocycles. The van der Waals surface area contributed by atoms with Crippen LogP contribution in [0.4, 0.5) is 8.78 Å². The third-order valence-corrected chi connectivity index (χ3v) is 3.20. The number of hydrogen-bond acceptors (Lipinski definition) is 2. The zero-order chi connectivity index (χ0) is 14.0. The summed E-state index contributed by atoms with van der Waals surface area (Å²) < 4.78 is 29.6. The smallest absolute Gasteiger partial charge is 0.133 e. The van der Waals surface area contributed by atoms with Gasteiger partial charge in [-0.25, -0.2) is 8.78 Å². The van der Waals surface area contributed by atoms with E-state index in [9.17, 15) is 8.78 Å². The minimum Gasteiger partial charge on any atom is -0.312 e. The summed E-state index contributed by atoms with van der Waals surface area (Å²) in [5.41, 5.74) is 1.31. The first-order valence-corrected chi connectivity index (χ1v) is 6.13. The van der Waals surface area contributed by atoms with E-state index < -0.39 is 17.7 Å². The van der Waals surface area contributed by atoms with Gasteiger partial charge >= 0.3 is 0 Å². The second-order valence-electron chi connectivity index (χ2n) is 4.62. The molecule has 2 aromatic rings. The van der Waals surface area contributed by atoms with Crippen LogP contribution in [-0.4, -0.2) is 16.8 Å². The van der Waals surface area contributed by atoms with E-state index in [0.717, 1.165) is 5.69 Å². The number of benzene rings is 1. The zero-order valence-corrected chi connectivity index (χ0v) is 11.2. The Morgan fingerprint density at radius 3 is 2.63 bits per heavy atom. The molecule has 2 rings (SSSR count). The molecule has 0 aliphatic rings. The molecule has 0 radical (unpaired) electrons. The Kier molecular flexibility index (Phi) is 3.95. The highest BCUT2D eigenvalue weighted by Gasteiger charge is 2.21. The lowest BCUT2D eigenvalue weighted by molar-refractivity contribution is 0.482. The van der Waals surface area contributed by atoms with E-state index in [-0.39, 0.29) is 5.56 Å². The number of nitrogens with zero attached hydrogens (tertiary/aromatic N) is 2. The van der Waals surface area contributed by atoms with Gasteiger partial charge in [0.15, 0.2) is 0 Å². The molecule has 3 nitrogen and oxygen atoms in total. The van der Waals surface area contributed by atoms with Crippen LogP contribution in [0.2, 0.25) is 0 Å². The number of rotatable bonds is 4. The van der Waals surface area contributed by atoms with Crippen molar-refractivity contribution in [1.29, 1.82) is 0 Å². The maximum atomic E-state index is 14.1. The molecule has 0 saturated carbocycles. The Morgan fingerprint density at radius 2 is 2.05 bits per heavy atom. The number of likely N-dealkylation sites (N-methyl/N-ethyl adjacent to an activating group) is 1. The highest BCUT2D eigenvalue weighted by atomic mass is 19.1. The van der Waals surface area contributed by atoms with Gasteiger partial charge in [-0.2, -0.15) is 5.10 Å². The molecule has 0 aliphatic heterocycles. The van der Waals surface area contributed by atoms with Gasteiger partial charge in [0, 0.05) is 31.3 Å². The van der Waals surface area contributed by atoms with Gasteiger partial charge in [0.2, 0.25) is 0 Å². The summed E-state index contributed by atoms with van der Waals surface area (Å²) in [4.78, 5) is 0. The first-order valence-electron chi connectivity index (χ1n) is 6.13. The van der Waals surface area contributed by atoms with Crippen LogP contribution in [0.15, 0.2) is 24.4 Å². The van der Waals surface area contributed by atoms with Gasteiger partial charge in [-0.05, 0) is 31.7 Å². The number of aromatic nitrogens is 2. The number of aryl methyl sites for hydroxylation is 2. The van der Waals surface area contributed by atoms with Crippen molar-refractivity contribution in [3.05, 3.63) is 52.9 Å². The molecular weight excluding hydrogens is 248 g/mol. The Labute approximate surface area is 111 Å². The van der Waals surface area contributed by atoms with Gasteiger partial charge in [0.1, 0.15) is 11.6 Å². The van der Waals surface area contributed by atoms with Crippen molar-refractivity contribution in [1.82, 2.24) is 15.1 Å². The van der Waals surface area contributed by atoms with Crippen LogP contribution >= 0.6 is 0 Å². The zero-order valence-electron chi connectivity index (χ0n) is 11.2. The largest absolute Gasteiger partial charge is 0.312 e. The number of hydrogen-bond donors (Lipinski definition) is 1. The van der Waals surface area contributed by atoms with E-state index in [1.807, 2.05) is 19.3 Å². The molecule has 1 heterocycles. The molecule has 19 heavy (non-hydrogen) atoms. The fraction of sp³-hybridized carbons (Fsp3) is 0.357. The average Bonchev–Trinajstić information content (AvgIpc) is 2.78. The third-order valence-electron chi connectivity index (χ3n) is 3.20. The van der Waals surface area contributed by atoms with Crippen LogP contribution in [0.3, 0.4) is 0 Å². The van der Waals surface area contributed by atoms with E-state index in [2.05, 4.69) is 10.4 Å². The molecule has 5 heteroatoms. The summed E-state index contributed by atoms with van der Waals surface area (Å²) in [6.07, 6.45) is 2.25. The van der Waals surface area contributed by atoms with E-state index in [0.29, 0.717) is 12.0 Å². The molecule has 1 N–H and O–H groups in total. The molecular formula is C14H17F2N3. The van der Waals surface area contributed by atoms with Crippen LogP contribution < -0.4 is 5.32 Å². The minimum absolute atomic E-state index is 0.0770. The number of nitrogens with one attached hydrogen (secondary N) is 1. The summed E-state index contributed by atoms with van der Waals surface area (Å²) in [5.74, 6) is -1.02. The van der Waals surface area contributed by atoms with Gasteiger partial charge in [0.05, 0.1) is 5.69 Å². The van der Waals surface area contributed by atoms with Gasteiger partial charge in [0.25, 0.3) is 0 Å². The Bertz CT molecular complexity index is 578. The molecule has 102 valence electrons. The fourth-order valence-corrected chi connectivity index (χ4v) is 2.13. The van der Waals surface area contributed by atoms with Gasteiger partial charge < -0.3 is 5.32 Å². The standard InChI is InChI=1S/C14H17F2N3/c1-9-4-5-11(15)13(14(9)16)12(17-2)8-10-6-7-19(3)18-10/h4-7,12,17H,8H2,1-3H3. The molecule has 1 aromatic carbocycles. The third kappa shape index (κ3) is 2.81. The normalized spacial score (nSPS) is 12.7. The van der Waals surface area contributed by atoms with Gasteiger partial charge in [-0.15, -0.1) is 0 Å². The van der Waals surface area contributed by atoms with Crippen molar-refractivity contribution in [2.75, 3.05) is 7.05 Å². The molecule has 0 aliphatic carbocycles. The van der Waals surface area contributed by atoms with Crippen LogP contribution in [0, 0.1) is 18.6 Å². The van der Waals surface area contributed by atoms with Crippen LogP contribution in [-0.2, 0) is 13.5 Å². The van der Waals surface area contributed by atoms with Crippen molar-refractivity contribution >= 4 is 0 Å². The predicted octanol–water partition coefficient (Wildman–Crippen LogP) is 2.51. The van der Waals surface area contributed by atoms with Crippen LogP contribution in [0.5, 0.6) is 0 Å². The summed E-state index contributed by atoms with van der Waals surface area (Å²) in [5, 5.41) is 7.19. The molecule has 0 spiro atoms. The summed E-state index contributed by atoms with van der Waals surface area (Å²) in [6.45, 7) is 1.63. The van der Waals surface area contributed by atoms with E-state index in [1.54, 1.807) is 18.7 Å². The molecule has 0 fully saturated rings. The van der Waals surface area contributed by atoms with Crippen molar-refractivity contribution in [3.63, 3.8) is 0 Å². The predicted molar refractivity (Wildman–Crippen MR) is 69.8 cm³/mol. The first kappa shape index (κ1) is 13.7. The van der Waals surface area contributed by atoms with Crippen molar-refractivity contribution in [2.45, 2.75) is 19.4 Å². The lowest BCUT2D eigenvalue weighted by Gasteiger charge is -2.18. The monoisotopic (exact) mass is 265 g/mol. The second kappa shape index (κ2) is 5.48. The SMILES string of the molecule is CNC(Cc1ccn(C)n1)c1c(F)ccc(C)c1F. The molecule has 0 bridgehead atoms. The van der Waals surface area contributed by atoms with Gasteiger partial charge in [-0.3, -0.25) is 4.68 Å². The molecule has 1 aromatic heterocycles.